The molecule has 21 heavy (non-hydrogen) atoms. The lowest BCUT2D eigenvalue weighted by Gasteiger charge is -1.97. The normalized spacial score (nSPS) is 12.6. The van der Waals surface area contributed by atoms with Crippen molar-refractivity contribution in [3.8, 4) is 5.75 Å². The Kier molecular flexibility index (Phi) is 3.90. The van der Waals surface area contributed by atoms with Gasteiger partial charge in [-0.2, -0.15) is 5.10 Å². The summed E-state index contributed by atoms with van der Waals surface area (Å²) in [5.74, 6) is 0.179. The molecule has 4 nitrogen and oxygen atoms in total. The van der Waals surface area contributed by atoms with E-state index < -0.39 is 0 Å². The highest BCUT2D eigenvalue weighted by atomic mass is 79.9. The summed E-state index contributed by atoms with van der Waals surface area (Å²) in [5, 5.41) is 18.1. The summed E-state index contributed by atoms with van der Waals surface area (Å²) in [7, 11) is 1.96. The first kappa shape index (κ1) is 14.0. The maximum Gasteiger partial charge on any atom is 0.211 e. The van der Waals surface area contributed by atoms with Crippen LogP contribution in [0.2, 0.25) is 0 Å². The first-order valence-electron chi connectivity index (χ1n) is 6.25. The Labute approximate surface area is 133 Å². The van der Waals surface area contributed by atoms with E-state index in [4.69, 9.17) is 0 Å². The average molecular weight is 362 g/mol. The zero-order valence-corrected chi connectivity index (χ0v) is 13.6. The van der Waals surface area contributed by atoms with Crippen molar-refractivity contribution >= 4 is 43.7 Å². The summed E-state index contributed by atoms with van der Waals surface area (Å²) in [5.41, 5.74) is 1.75. The van der Waals surface area contributed by atoms with Gasteiger partial charge in [-0.05, 0) is 30.3 Å². The molecule has 1 heterocycles. The Morgan fingerprint density at radius 3 is 2.86 bits per heavy atom. The molecule has 2 aromatic carbocycles. The Morgan fingerprint density at radius 2 is 2.05 bits per heavy atom. The minimum Gasteiger partial charge on any atom is -0.507 e. The number of aromatic nitrogens is 1. The van der Waals surface area contributed by atoms with Crippen molar-refractivity contribution < 1.29 is 5.11 Å². The fraction of sp³-hybridized carbons (Fsp3) is 0.0667. The summed E-state index contributed by atoms with van der Waals surface area (Å²) in [4.78, 5) is 0.807. The van der Waals surface area contributed by atoms with Gasteiger partial charge in [0.15, 0.2) is 0 Å². The fourth-order valence-electron chi connectivity index (χ4n) is 1.95. The summed E-state index contributed by atoms with van der Waals surface area (Å²) in [6.45, 7) is 0. The quantitative estimate of drug-likeness (QED) is 0.549. The molecule has 0 atom stereocenters. The van der Waals surface area contributed by atoms with E-state index in [2.05, 4.69) is 38.3 Å². The molecule has 0 amide bonds. The van der Waals surface area contributed by atoms with Crippen LogP contribution in [0.15, 0.2) is 57.1 Å². The lowest BCUT2D eigenvalue weighted by molar-refractivity contribution is 0.474. The summed E-state index contributed by atoms with van der Waals surface area (Å²) >= 11 is 4.94. The fourth-order valence-corrected chi connectivity index (χ4v) is 3.30. The standard InChI is InChI=1S/C15H12BrN3OS/c1-19-12-4-2-3-5-14(12)21-15(19)18-17-9-10-8-11(16)6-7-13(10)20/h2-9,20H,1H3/b17-9-,18-15-. The third-order valence-electron chi connectivity index (χ3n) is 3.04. The molecule has 6 heteroatoms. The Hall–Kier alpha value is -1.92. The first-order chi connectivity index (χ1) is 10.1. The number of halogens is 1. The second-order valence-corrected chi connectivity index (χ2v) is 6.38. The second kappa shape index (κ2) is 5.83. The molecular weight excluding hydrogens is 350 g/mol. The molecule has 3 rings (SSSR count). The molecule has 0 fully saturated rings. The summed E-state index contributed by atoms with van der Waals surface area (Å²) in [6, 6.07) is 13.3. The average Bonchev–Trinajstić information content (AvgIpc) is 2.80. The first-order valence-corrected chi connectivity index (χ1v) is 7.86. The molecule has 1 aromatic heterocycles. The molecule has 0 unspecified atom stereocenters. The predicted octanol–water partition coefficient (Wildman–Crippen LogP) is 3.64. The van der Waals surface area contributed by atoms with Crippen molar-refractivity contribution in [1.82, 2.24) is 4.57 Å². The van der Waals surface area contributed by atoms with Gasteiger partial charge in [0.1, 0.15) is 5.75 Å². The smallest absolute Gasteiger partial charge is 0.211 e. The molecule has 3 aromatic rings. The Bertz CT molecular complexity index is 895. The second-order valence-electron chi connectivity index (χ2n) is 4.46. The zero-order chi connectivity index (χ0) is 14.8. The van der Waals surface area contributed by atoms with Crippen LogP contribution >= 0.6 is 27.3 Å². The third kappa shape index (κ3) is 2.91. The molecule has 1 N–H and O–H groups in total. The zero-order valence-electron chi connectivity index (χ0n) is 11.2. The molecule has 106 valence electrons. The maximum atomic E-state index is 9.74. The van der Waals surface area contributed by atoms with Gasteiger partial charge in [-0.15, -0.1) is 5.10 Å². The van der Waals surface area contributed by atoms with Crippen LogP contribution in [0.1, 0.15) is 5.56 Å². The minimum absolute atomic E-state index is 0.179. The SMILES string of the molecule is Cn1/c(=N/N=C\c2cc(Br)ccc2O)sc2ccccc21. The highest BCUT2D eigenvalue weighted by Crippen LogP contribution is 2.20. The Morgan fingerprint density at radius 1 is 1.24 bits per heavy atom. The highest BCUT2D eigenvalue weighted by molar-refractivity contribution is 9.10. The monoisotopic (exact) mass is 361 g/mol. The molecule has 0 bridgehead atoms. The maximum absolute atomic E-state index is 9.74. The lowest BCUT2D eigenvalue weighted by atomic mass is 10.2. The minimum atomic E-state index is 0.179. The molecular formula is C15H12BrN3OS. The van der Waals surface area contributed by atoms with Crippen LogP contribution in [0.25, 0.3) is 10.2 Å². The van der Waals surface area contributed by atoms with Crippen molar-refractivity contribution in [2.24, 2.45) is 17.3 Å². The number of aromatic hydroxyl groups is 1. The predicted molar refractivity (Wildman–Crippen MR) is 89.8 cm³/mol. The number of aryl methyl sites for hydroxylation is 1. The lowest BCUT2D eigenvalue weighted by Crippen LogP contribution is -2.08. The molecule has 0 aliphatic heterocycles. The summed E-state index contributed by atoms with van der Waals surface area (Å²) < 4.78 is 4.05. The third-order valence-corrected chi connectivity index (χ3v) is 4.64. The van der Waals surface area contributed by atoms with Crippen LogP contribution in [0.4, 0.5) is 0 Å². The number of fused-ring (bicyclic) bond motifs is 1. The van der Waals surface area contributed by atoms with Crippen LogP contribution in [-0.4, -0.2) is 15.9 Å². The number of benzene rings is 2. The van der Waals surface area contributed by atoms with Gasteiger partial charge >= 0.3 is 0 Å². The van der Waals surface area contributed by atoms with E-state index in [9.17, 15) is 5.11 Å². The van der Waals surface area contributed by atoms with Crippen molar-refractivity contribution in [3.05, 3.63) is 57.3 Å². The van der Waals surface area contributed by atoms with Crippen LogP contribution in [-0.2, 0) is 7.05 Å². The topological polar surface area (TPSA) is 49.9 Å². The molecule has 0 aliphatic carbocycles. The van der Waals surface area contributed by atoms with E-state index in [1.54, 1.807) is 35.8 Å². The molecule has 0 spiro atoms. The van der Waals surface area contributed by atoms with Gasteiger partial charge in [0.2, 0.25) is 4.80 Å². The number of phenols is 1. The van der Waals surface area contributed by atoms with E-state index in [-0.39, 0.29) is 5.75 Å². The van der Waals surface area contributed by atoms with E-state index in [1.165, 1.54) is 4.70 Å². The van der Waals surface area contributed by atoms with Gasteiger partial charge in [0.05, 0.1) is 16.4 Å². The largest absolute Gasteiger partial charge is 0.507 e. The van der Waals surface area contributed by atoms with Crippen LogP contribution in [0, 0.1) is 0 Å². The van der Waals surface area contributed by atoms with Gasteiger partial charge in [-0.1, -0.05) is 39.4 Å². The Balaban J connectivity index is 1.99. The van der Waals surface area contributed by atoms with Gasteiger partial charge < -0.3 is 9.67 Å². The number of hydrogen-bond acceptors (Lipinski definition) is 4. The number of phenolic OH excluding ortho intramolecular Hbond substituents is 1. The van der Waals surface area contributed by atoms with Gasteiger partial charge in [-0.3, -0.25) is 0 Å². The molecule has 0 saturated carbocycles. The number of nitrogens with zero attached hydrogens (tertiary/aromatic N) is 3. The number of rotatable bonds is 2. The van der Waals surface area contributed by atoms with Crippen LogP contribution < -0.4 is 4.80 Å². The van der Waals surface area contributed by atoms with Crippen molar-refractivity contribution in [1.29, 1.82) is 0 Å². The van der Waals surface area contributed by atoms with Gasteiger partial charge in [0, 0.05) is 17.1 Å². The number of hydrogen-bond donors (Lipinski definition) is 1. The van der Waals surface area contributed by atoms with E-state index in [0.717, 1.165) is 14.8 Å². The molecule has 0 aliphatic rings. The van der Waals surface area contributed by atoms with Crippen molar-refractivity contribution in [2.75, 3.05) is 0 Å². The summed E-state index contributed by atoms with van der Waals surface area (Å²) in [6.07, 6.45) is 1.55. The van der Waals surface area contributed by atoms with E-state index in [0.29, 0.717) is 5.56 Å². The van der Waals surface area contributed by atoms with Crippen LogP contribution in [0.3, 0.4) is 0 Å². The molecule has 0 radical (unpaired) electrons. The van der Waals surface area contributed by atoms with Crippen molar-refractivity contribution in [3.63, 3.8) is 0 Å². The van der Waals surface area contributed by atoms with Crippen molar-refractivity contribution in [2.45, 2.75) is 0 Å². The van der Waals surface area contributed by atoms with E-state index >= 15 is 0 Å². The number of para-hydroxylation sites is 1. The molecule has 0 saturated heterocycles. The van der Waals surface area contributed by atoms with Gasteiger partial charge in [-0.25, -0.2) is 0 Å². The highest BCUT2D eigenvalue weighted by Gasteiger charge is 2.01. The van der Waals surface area contributed by atoms with Crippen LogP contribution in [0.5, 0.6) is 5.75 Å². The van der Waals surface area contributed by atoms with Gasteiger partial charge in [0.25, 0.3) is 0 Å². The van der Waals surface area contributed by atoms with E-state index in [1.807, 2.05) is 23.7 Å². The number of thiazole rings is 1.